The van der Waals surface area contributed by atoms with Crippen LogP contribution in [0.1, 0.15) is 49.9 Å². The molecule has 190 valence electrons. The lowest BCUT2D eigenvalue weighted by atomic mass is 9.98. The number of ether oxygens (including phenoxy) is 1. The Morgan fingerprint density at radius 2 is 1.94 bits per heavy atom. The Bertz CT molecular complexity index is 1330. The smallest absolute Gasteiger partial charge is 0.201 e. The van der Waals surface area contributed by atoms with Crippen LogP contribution in [0.5, 0.6) is 5.75 Å². The van der Waals surface area contributed by atoms with Gasteiger partial charge in [-0.3, -0.25) is 0 Å². The first-order valence-corrected chi connectivity index (χ1v) is 13.0. The van der Waals surface area contributed by atoms with Gasteiger partial charge in [0, 0.05) is 60.5 Å². The predicted octanol–water partition coefficient (Wildman–Crippen LogP) is 3.14. The van der Waals surface area contributed by atoms with Gasteiger partial charge < -0.3 is 9.64 Å². The number of rotatable bonds is 9. The molecule has 0 amide bonds. The first kappa shape index (κ1) is 24.4. The van der Waals surface area contributed by atoms with Gasteiger partial charge >= 0.3 is 0 Å². The number of halogens is 2. The molecule has 3 heterocycles. The number of thiol groups is 1. The first-order chi connectivity index (χ1) is 17.3. The molecule has 12 heteroatoms. The number of hydrogen-bond donors (Lipinski definition) is 2. The van der Waals surface area contributed by atoms with E-state index in [1.807, 2.05) is 11.8 Å². The van der Waals surface area contributed by atoms with Gasteiger partial charge in [-0.25, -0.2) is 37.5 Å². The Morgan fingerprint density at radius 3 is 2.67 bits per heavy atom. The quantitative estimate of drug-likeness (QED) is 0.330. The minimum absolute atomic E-state index is 0.148. The number of aromatic nitrogens is 4. The molecule has 1 aromatic carbocycles. The van der Waals surface area contributed by atoms with Crippen molar-refractivity contribution in [2.45, 2.75) is 50.6 Å². The van der Waals surface area contributed by atoms with Crippen molar-refractivity contribution in [3.8, 4) is 17.4 Å². The van der Waals surface area contributed by atoms with Gasteiger partial charge in [-0.1, -0.05) is 0 Å². The summed E-state index contributed by atoms with van der Waals surface area (Å²) in [6, 6.07) is 4.23. The zero-order valence-electron chi connectivity index (χ0n) is 19.7. The molecule has 5 rings (SSSR count). The van der Waals surface area contributed by atoms with Crippen LogP contribution in [-0.4, -0.2) is 47.0 Å². The third kappa shape index (κ3) is 5.14. The fourth-order valence-electron chi connectivity index (χ4n) is 4.61. The van der Waals surface area contributed by atoms with Crippen molar-refractivity contribution < 1.29 is 21.9 Å². The number of hydrogen-bond acceptors (Lipinski definition) is 8. The third-order valence-electron chi connectivity index (χ3n) is 6.72. The maximum absolute atomic E-state index is 14.5. The molecular formula is C24H26F2N6O3S. The van der Waals surface area contributed by atoms with Crippen molar-refractivity contribution in [2.24, 2.45) is 0 Å². The minimum Gasteiger partial charge on any atom is -0.490 e. The van der Waals surface area contributed by atoms with Crippen molar-refractivity contribution in [3.05, 3.63) is 59.7 Å². The van der Waals surface area contributed by atoms with Gasteiger partial charge in [0.2, 0.25) is 16.7 Å². The average Bonchev–Trinajstić information content (AvgIpc) is 3.63. The van der Waals surface area contributed by atoms with Gasteiger partial charge in [0.25, 0.3) is 0 Å². The largest absolute Gasteiger partial charge is 0.490 e. The summed E-state index contributed by atoms with van der Waals surface area (Å²) < 4.78 is 59.1. The molecule has 0 bridgehead atoms. The molecule has 3 aromatic rings. The molecule has 36 heavy (non-hydrogen) atoms. The van der Waals surface area contributed by atoms with Crippen LogP contribution in [0, 0.1) is 11.6 Å². The molecule has 1 aliphatic carbocycles. The van der Waals surface area contributed by atoms with E-state index in [-0.39, 0.29) is 18.4 Å². The molecule has 1 aliphatic heterocycles. The van der Waals surface area contributed by atoms with Crippen LogP contribution < -0.4 is 14.4 Å². The van der Waals surface area contributed by atoms with E-state index in [2.05, 4.69) is 24.7 Å². The van der Waals surface area contributed by atoms with E-state index in [1.54, 1.807) is 24.7 Å². The lowest BCUT2D eigenvalue weighted by Gasteiger charge is -2.36. The summed E-state index contributed by atoms with van der Waals surface area (Å²) in [6.07, 6.45) is 8.23. The molecular weight excluding hydrogens is 490 g/mol. The van der Waals surface area contributed by atoms with Crippen LogP contribution in [0.15, 0.2) is 36.8 Å². The highest BCUT2D eigenvalue weighted by molar-refractivity contribution is 7.70. The zero-order chi connectivity index (χ0) is 25.3. The van der Waals surface area contributed by atoms with Gasteiger partial charge in [-0.15, -0.1) is 0 Å². The van der Waals surface area contributed by atoms with Crippen LogP contribution in [0.2, 0.25) is 0 Å². The van der Waals surface area contributed by atoms with Crippen LogP contribution in [0.3, 0.4) is 0 Å². The topological polar surface area (TPSA) is 110 Å². The Morgan fingerprint density at radius 1 is 1.17 bits per heavy atom. The second kappa shape index (κ2) is 10.0. The molecule has 1 unspecified atom stereocenters. The lowest BCUT2D eigenvalue weighted by molar-refractivity contribution is 0.279. The van der Waals surface area contributed by atoms with Gasteiger partial charge in [0.05, 0.1) is 18.3 Å². The highest BCUT2D eigenvalue weighted by atomic mass is 32.2. The summed E-state index contributed by atoms with van der Waals surface area (Å²) in [5, 5.41) is 0. The van der Waals surface area contributed by atoms with Gasteiger partial charge in [0.15, 0.2) is 23.2 Å². The molecule has 0 spiro atoms. The fourth-order valence-corrected chi connectivity index (χ4v) is 5.34. The molecule has 1 fully saturated rings. The monoisotopic (exact) mass is 516 g/mol. The van der Waals surface area contributed by atoms with E-state index >= 15 is 0 Å². The van der Waals surface area contributed by atoms with Crippen molar-refractivity contribution in [1.29, 1.82) is 0 Å². The average molecular weight is 517 g/mol. The summed E-state index contributed by atoms with van der Waals surface area (Å²) in [5.74, 6) is -1.30. The summed E-state index contributed by atoms with van der Waals surface area (Å²) in [5.41, 5.74) is 1.86. The van der Waals surface area contributed by atoms with Gasteiger partial charge in [0.1, 0.15) is 0 Å². The lowest BCUT2D eigenvalue weighted by Crippen LogP contribution is -2.35. The van der Waals surface area contributed by atoms with Crippen molar-refractivity contribution in [1.82, 2.24) is 24.7 Å². The van der Waals surface area contributed by atoms with E-state index in [9.17, 15) is 17.2 Å². The van der Waals surface area contributed by atoms with E-state index in [0.717, 1.165) is 24.1 Å². The van der Waals surface area contributed by atoms with Crippen molar-refractivity contribution >= 4 is 16.6 Å². The molecule has 2 aromatic heterocycles. The first-order valence-electron chi connectivity index (χ1n) is 11.8. The van der Waals surface area contributed by atoms with E-state index in [0.29, 0.717) is 43.1 Å². The number of fused-ring (bicyclic) bond motifs is 1. The highest BCUT2D eigenvalue weighted by Gasteiger charge is 2.42. The molecule has 1 atom stereocenters. The Balaban J connectivity index is 1.29. The van der Waals surface area contributed by atoms with E-state index in [4.69, 9.17) is 4.74 Å². The van der Waals surface area contributed by atoms with Crippen molar-refractivity contribution in [2.75, 3.05) is 18.1 Å². The Hall–Kier alpha value is -3.25. The highest BCUT2D eigenvalue weighted by Crippen LogP contribution is 2.40. The number of anilines is 1. The summed E-state index contributed by atoms with van der Waals surface area (Å²) in [6.45, 7) is 2.66. The molecule has 9 nitrogen and oxygen atoms in total. The van der Waals surface area contributed by atoms with Crippen LogP contribution in [0.25, 0.3) is 11.6 Å². The minimum atomic E-state index is -2.67. The van der Waals surface area contributed by atoms with Crippen LogP contribution >= 0.6 is 0 Å². The second-order valence-electron chi connectivity index (χ2n) is 9.13. The maximum Gasteiger partial charge on any atom is 0.201 e. The maximum atomic E-state index is 14.5. The number of benzene rings is 1. The Labute approximate surface area is 209 Å². The molecule has 2 aliphatic rings. The number of nitrogens with one attached hydrogen (secondary N) is 1. The van der Waals surface area contributed by atoms with E-state index < -0.39 is 28.1 Å². The zero-order valence-corrected chi connectivity index (χ0v) is 20.5. The standard InChI is InChI=1S/C24H26F2N6O3S/c1-15-17-14-29-23(22-27-8-3-9-28-22)30-19(17)4-10-32(15)16-12-18(25)21(26)20(13-16)35-11-2-5-24(6-7-24)31-36(33)34/h3,8-9,12-15,36H,2,4-7,10-11H2,1H3,(H,31,33,34). The molecule has 0 saturated heterocycles. The Kier molecular flexibility index (Phi) is 6.80. The van der Waals surface area contributed by atoms with Crippen LogP contribution in [-0.2, 0) is 17.3 Å². The fraction of sp³-hybridized carbons (Fsp3) is 0.417. The van der Waals surface area contributed by atoms with Gasteiger partial charge in [-0.2, -0.15) is 4.39 Å². The second-order valence-corrected chi connectivity index (χ2v) is 9.87. The van der Waals surface area contributed by atoms with Crippen molar-refractivity contribution in [3.63, 3.8) is 0 Å². The molecule has 1 N–H and O–H groups in total. The van der Waals surface area contributed by atoms with E-state index in [1.165, 1.54) is 12.1 Å². The number of nitrogens with zero attached hydrogens (tertiary/aromatic N) is 5. The third-order valence-corrected chi connectivity index (χ3v) is 7.38. The SMILES string of the molecule is CC1c2cnc(-c3ncccn3)nc2CCN1c1cc(F)c(F)c(OCCCC2(N[SH](=O)=O)CC2)c1. The summed E-state index contributed by atoms with van der Waals surface area (Å²) >= 11 is 0. The normalized spacial score (nSPS) is 18.2. The summed E-state index contributed by atoms with van der Waals surface area (Å²) in [7, 11) is -2.67. The summed E-state index contributed by atoms with van der Waals surface area (Å²) in [4.78, 5) is 19.4. The molecule has 0 radical (unpaired) electrons. The van der Waals surface area contributed by atoms with Gasteiger partial charge in [-0.05, 0) is 38.7 Å². The van der Waals surface area contributed by atoms with Crippen LogP contribution in [0.4, 0.5) is 14.5 Å². The predicted molar refractivity (Wildman–Crippen MR) is 129 cm³/mol. The molecule has 1 saturated carbocycles.